The Morgan fingerprint density at radius 3 is 2.43 bits per heavy atom. The predicted octanol–water partition coefficient (Wildman–Crippen LogP) is 2.46. The Morgan fingerprint density at radius 2 is 1.79 bits per heavy atom. The van der Waals surface area contributed by atoms with Gasteiger partial charge in [-0.1, -0.05) is 29.8 Å². The first kappa shape index (κ1) is 20.3. The van der Waals surface area contributed by atoms with Crippen LogP contribution in [0.5, 0.6) is 5.75 Å². The minimum absolute atomic E-state index is 0.0245. The highest BCUT2D eigenvalue weighted by atomic mass is 16.6. The number of nitro benzene ring substituents is 1. The molecule has 1 N–H and O–H groups in total. The van der Waals surface area contributed by atoms with Crippen molar-refractivity contribution < 1.29 is 14.8 Å². The van der Waals surface area contributed by atoms with Crippen molar-refractivity contribution in [3.8, 4) is 5.75 Å². The monoisotopic (exact) mass is 385 g/mol. The third-order valence-electron chi connectivity index (χ3n) is 4.91. The van der Waals surface area contributed by atoms with Gasteiger partial charge in [-0.25, -0.2) is 0 Å². The van der Waals surface area contributed by atoms with Gasteiger partial charge in [-0.15, -0.1) is 0 Å². The van der Waals surface area contributed by atoms with Crippen LogP contribution in [0.3, 0.4) is 0 Å². The maximum absolute atomic E-state index is 10.7. The Balaban J connectivity index is 1.37. The number of non-ortho nitro benzene ring substituents is 1. The van der Waals surface area contributed by atoms with Gasteiger partial charge in [0.1, 0.15) is 18.5 Å². The van der Waals surface area contributed by atoms with E-state index in [9.17, 15) is 15.2 Å². The van der Waals surface area contributed by atoms with Gasteiger partial charge >= 0.3 is 0 Å². The first-order chi connectivity index (χ1) is 13.5. The molecule has 28 heavy (non-hydrogen) atoms. The zero-order valence-corrected chi connectivity index (χ0v) is 16.2. The van der Waals surface area contributed by atoms with Crippen LogP contribution >= 0.6 is 0 Å². The van der Waals surface area contributed by atoms with Crippen LogP contribution < -0.4 is 4.74 Å². The summed E-state index contributed by atoms with van der Waals surface area (Å²) in [6.07, 6.45) is -0.599. The molecule has 150 valence electrons. The summed E-state index contributed by atoms with van der Waals surface area (Å²) in [5.74, 6) is 0.521. The molecule has 0 spiro atoms. The first-order valence-electron chi connectivity index (χ1n) is 9.55. The van der Waals surface area contributed by atoms with Crippen molar-refractivity contribution in [2.24, 2.45) is 0 Å². The lowest BCUT2D eigenvalue weighted by Gasteiger charge is -2.35. The molecule has 2 aromatic carbocycles. The lowest BCUT2D eigenvalue weighted by Crippen LogP contribution is -2.48. The molecule has 2 aromatic rings. The standard InChI is InChI=1S/C21H27N3O4/c1-17-3-2-4-18(13-17)14-22-9-11-23(12-10-22)15-20(25)16-28-21-7-5-19(6-8-21)24(26)27/h2-8,13,20,25H,9-12,14-16H2,1H3. The summed E-state index contributed by atoms with van der Waals surface area (Å²) in [4.78, 5) is 14.9. The van der Waals surface area contributed by atoms with Crippen molar-refractivity contribution >= 4 is 5.69 Å². The average molecular weight is 385 g/mol. The number of β-amino-alcohol motifs (C(OH)–C–C–N with tert-alkyl or cyclic N) is 1. The minimum Gasteiger partial charge on any atom is -0.491 e. The molecule has 1 unspecified atom stereocenters. The number of hydrogen-bond donors (Lipinski definition) is 1. The quantitative estimate of drug-likeness (QED) is 0.556. The molecule has 0 bridgehead atoms. The molecular formula is C21H27N3O4. The number of aliphatic hydroxyl groups is 1. The largest absolute Gasteiger partial charge is 0.491 e. The number of rotatable bonds is 8. The lowest BCUT2D eigenvalue weighted by atomic mass is 10.1. The molecule has 1 atom stereocenters. The minimum atomic E-state index is -0.599. The molecule has 1 aliphatic heterocycles. The van der Waals surface area contributed by atoms with E-state index in [0.717, 1.165) is 32.7 Å². The fraction of sp³-hybridized carbons (Fsp3) is 0.429. The van der Waals surface area contributed by atoms with Crippen LogP contribution in [0.4, 0.5) is 5.69 Å². The number of ether oxygens (including phenoxy) is 1. The van der Waals surface area contributed by atoms with Gasteiger partial charge in [0.2, 0.25) is 0 Å². The molecule has 1 aliphatic rings. The molecule has 0 aliphatic carbocycles. The lowest BCUT2D eigenvalue weighted by molar-refractivity contribution is -0.384. The second-order valence-electron chi connectivity index (χ2n) is 7.28. The van der Waals surface area contributed by atoms with Crippen molar-refractivity contribution in [3.63, 3.8) is 0 Å². The van der Waals surface area contributed by atoms with Crippen molar-refractivity contribution in [1.29, 1.82) is 0 Å². The van der Waals surface area contributed by atoms with E-state index >= 15 is 0 Å². The molecular weight excluding hydrogens is 358 g/mol. The number of aliphatic hydroxyl groups excluding tert-OH is 1. The SMILES string of the molecule is Cc1cccc(CN2CCN(CC(O)COc3ccc([N+](=O)[O-])cc3)CC2)c1. The molecule has 1 fully saturated rings. The maximum atomic E-state index is 10.7. The number of nitrogens with zero attached hydrogens (tertiary/aromatic N) is 3. The van der Waals surface area contributed by atoms with Crippen LogP contribution in [0.1, 0.15) is 11.1 Å². The zero-order chi connectivity index (χ0) is 19.9. The number of aryl methyl sites for hydroxylation is 1. The van der Waals surface area contributed by atoms with Crippen LogP contribution in [-0.2, 0) is 6.54 Å². The number of hydrogen-bond acceptors (Lipinski definition) is 6. The van der Waals surface area contributed by atoms with Crippen LogP contribution in [0, 0.1) is 17.0 Å². The second kappa shape index (κ2) is 9.64. The number of piperazine rings is 1. The smallest absolute Gasteiger partial charge is 0.269 e. The van der Waals surface area contributed by atoms with Gasteiger partial charge in [0, 0.05) is 51.4 Å². The predicted molar refractivity (Wildman–Crippen MR) is 107 cm³/mol. The average Bonchev–Trinajstić information content (AvgIpc) is 2.68. The van der Waals surface area contributed by atoms with Crippen LogP contribution in [-0.4, -0.2) is 65.3 Å². The number of nitro groups is 1. The van der Waals surface area contributed by atoms with Gasteiger partial charge < -0.3 is 9.84 Å². The summed E-state index contributed by atoms with van der Waals surface area (Å²) in [5.41, 5.74) is 2.65. The molecule has 7 nitrogen and oxygen atoms in total. The summed E-state index contributed by atoms with van der Waals surface area (Å²) in [5, 5.41) is 20.9. The highest BCUT2D eigenvalue weighted by molar-refractivity contribution is 5.35. The third-order valence-corrected chi connectivity index (χ3v) is 4.91. The number of benzene rings is 2. The van der Waals surface area contributed by atoms with E-state index in [4.69, 9.17) is 4.74 Å². The van der Waals surface area contributed by atoms with E-state index < -0.39 is 11.0 Å². The van der Waals surface area contributed by atoms with Gasteiger partial charge in [0.25, 0.3) is 5.69 Å². The first-order valence-corrected chi connectivity index (χ1v) is 9.55. The summed E-state index contributed by atoms with van der Waals surface area (Å²) in [6, 6.07) is 14.5. The van der Waals surface area contributed by atoms with E-state index in [-0.39, 0.29) is 12.3 Å². The molecule has 7 heteroatoms. The Hall–Kier alpha value is -2.48. The summed E-state index contributed by atoms with van der Waals surface area (Å²) in [7, 11) is 0. The van der Waals surface area contributed by atoms with E-state index in [2.05, 4.69) is 41.0 Å². The van der Waals surface area contributed by atoms with Crippen LogP contribution in [0.2, 0.25) is 0 Å². The zero-order valence-electron chi connectivity index (χ0n) is 16.2. The van der Waals surface area contributed by atoms with Crippen molar-refractivity contribution in [2.75, 3.05) is 39.3 Å². The summed E-state index contributed by atoms with van der Waals surface area (Å²) < 4.78 is 5.55. The van der Waals surface area contributed by atoms with E-state index in [0.29, 0.717) is 12.3 Å². The molecule has 0 radical (unpaired) electrons. The summed E-state index contributed by atoms with van der Waals surface area (Å²) >= 11 is 0. The Labute approximate surface area is 165 Å². The molecule has 1 heterocycles. The van der Waals surface area contributed by atoms with E-state index in [1.165, 1.54) is 23.3 Å². The summed E-state index contributed by atoms with van der Waals surface area (Å²) in [6.45, 7) is 7.59. The van der Waals surface area contributed by atoms with Crippen molar-refractivity contribution in [3.05, 3.63) is 69.8 Å². The molecule has 1 saturated heterocycles. The fourth-order valence-corrected chi connectivity index (χ4v) is 3.41. The van der Waals surface area contributed by atoms with Gasteiger partial charge in [0.05, 0.1) is 4.92 Å². The van der Waals surface area contributed by atoms with Crippen molar-refractivity contribution in [1.82, 2.24) is 9.80 Å². The fourth-order valence-electron chi connectivity index (χ4n) is 3.41. The van der Waals surface area contributed by atoms with Crippen LogP contribution in [0.15, 0.2) is 48.5 Å². The van der Waals surface area contributed by atoms with Crippen LogP contribution in [0.25, 0.3) is 0 Å². The topological polar surface area (TPSA) is 79.1 Å². The third kappa shape index (κ3) is 6.02. The van der Waals surface area contributed by atoms with Gasteiger partial charge in [-0.05, 0) is 24.6 Å². The highest BCUT2D eigenvalue weighted by Gasteiger charge is 2.19. The Bertz CT molecular complexity index is 773. The molecule has 3 rings (SSSR count). The van der Waals surface area contributed by atoms with Crippen molar-refractivity contribution in [2.45, 2.75) is 19.6 Å². The Morgan fingerprint density at radius 1 is 1.11 bits per heavy atom. The second-order valence-corrected chi connectivity index (χ2v) is 7.28. The van der Waals surface area contributed by atoms with Gasteiger partial charge in [-0.2, -0.15) is 0 Å². The molecule has 0 saturated carbocycles. The molecule has 0 amide bonds. The molecule has 0 aromatic heterocycles. The van der Waals surface area contributed by atoms with E-state index in [1.807, 2.05) is 0 Å². The van der Waals surface area contributed by atoms with E-state index in [1.54, 1.807) is 12.1 Å². The normalized spacial score (nSPS) is 16.6. The highest BCUT2D eigenvalue weighted by Crippen LogP contribution is 2.17. The Kier molecular flexibility index (Phi) is 6.97. The maximum Gasteiger partial charge on any atom is 0.269 e. The van der Waals surface area contributed by atoms with Gasteiger partial charge in [-0.3, -0.25) is 19.9 Å². The van der Waals surface area contributed by atoms with Gasteiger partial charge in [0.15, 0.2) is 0 Å².